The van der Waals surface area contributed by atoms with E-state index in [1.54, 1.807) is 11.8 Å². The lowest BCUT2D eigenvalue weighted by molar-refractivity contribution is -0.131. The van der Waals surface area contributed by atoms with Crippen molar-refractivity contribution >= 4 is 17.5 Å². The molecule has 1 rings (SSSR count). The zero-order chi connectivity index (χ0) is 12.0. The summed E-state index contributed by atoms with van der Waals surface area (Å²) < 4.78 is 0. The van der Waals surface area contributed by atoms with Crippen molar-refractivity contribution in [2.24, 2.45) is 11.3 Å². The third-order valence-electron chi connectivity index (χ3n) is 3.10. The fourth-order valence-corrected chi connectivity index (χ4v) is 3.50. The molecule has 0 saturated carbocycles. The Morgan fingerprint density at radius 1 is 1.44 bits per heavy atom. The predicted octanol–water partition coefficient (Wildman–Crippen LogP) is 2.53. The van der Waals surface area contributed by atoms with Crippen molar-refractivity contribution in [1.82, 2.24) is 0 Å². The molecule has 1 fully saturated rings. The third kappa shape index (κ3) is 3.00. The number of nitrogens with zero attached hydrogens (tertiary/aromatic N) is 2. The summed E-state index contributed by atoms with van der Waals surface area (Å²) in [5, 5.41) is 17.1. The highest BCUT2D eigenvalue weighted by atomic mass is 32.2. The van der Waals surface area contributed by atoms with Gasteiger partial charge in [-0.15, -0.1) is 0 Å². The molecule has 0 amide bonds. The Morgan fingerprint density at radius 2 is 2.12 bits per heavy atom. The molecular weight excluding hydrogens is 220 g/mol. The van der Waals surface area contributed by atoms with Crippen molar-refractivity contribution in [3.8, 4) is 12.1 Å². The van der Waals surface area contributed by atoms with Crippen molar-refractivity contribution in [2.45, 2.75) is 32.6 Å². The van der Waals surface area contributed by atoms with Gasteiger partial charge in [-0.3, -0.25) is 4.79 Å². The summed E-state index contributed by atoms with van der Waals surface area (Å²) in [5.74, 6) is 1.93. The van der Waals surface area contributed by atoms with Crippen LogP contribution in [0.3, 0.4) is 0 Å². The van der Waals surface area contributed by atoms with Crippen LogP contribution in [0.4, 0.5) is 0 Å². The van der Waals surface area contributed by atoms with Gasteiger partial charge in [0.05, 0.1) is 12.1 Å². The molecule has 0 radical (unpaired) electrons. The normalized spacial score (nSPS) is 29.4. The van der Waals surface area contributed by atoms with Crippen LogP contribution in [0.25, 0.3) is 0 Å². The lowest BCUT2D eigenvalue weighted by atomic mass is 9.76. The topological polar surface area (TPSA) is 64.7 Å². The van der Waals surface area contributed by atoms with Gasteiger partial charge in [0, 0.05) is 35.7 Å². The molecule has 0 aromatic carbocycles. The minimum Gasteiger partial charge on any atom is -0.299 e. The standard InChI is InChI=1S/C12H16N2OS/c1-12(5-3-7-14)9-16-8-10(11(12)15)4-2-6-13/h10H,2-5,8-9H2,1H3. The predicted molar refractivity (Wildman–Crippen MR) is 63.6 cm³/mol. The lowest BCUT2D eigenvalue weighted by Crippen LogP contribution is -2.40. The molecule has 0 aliphatic carbocycles. The van der Waals surface area contributed by atoms with Gasteiger partial charge in [0.2, 0.25) is 0 Å². The van der Waals surface area contributed by atoms with Crippen LogP contribution in [-0.2, 0) is 4.79 Å². The van der Waals surface area contributed by atoms with Gasteiger partial charge in [0.25, 0.3) is 0 Å². The van der Waals surface area contributed by atoms with Crippen molar-refractivity contribution in [1.29, 1.82) is 10.5 Å². The van der Waals surface area contributed by atoms with E-state index in [-0.39, 0.29) is 17.1 Å². The number of hydrogen-bond acceptors (Lipinski definition) is 4. The molecule has 16 heavy (non-hydrogen) atoms. The number of rotatable bonds is 4. The van der Waals surface area contributed by atoms with Crippen molar-refractivity contribution in [2.75, 3.05) is 11.5 Å². The van der Waals surface area contributed by atoms with Crippen LogP contribution in [0, 0.1) is 34.0 Å². The SMILES string of the molecule is CC1(CCC#N)CSCC(CCC#N)C1=O. The molecule has 0 bridgehead atoms. The molecule has 86 valence electrons. The van der Waals surface area contributed by atoms with Crippen LogP contribution in [0.15, 0.2) is 0 Å². The zero-order valence-corrected chi connectivity index (χ0v) is 10.3. The number of carbonyl (C=O) groups is 1. The van der Waals surface area contributed by atoms with Gasteiger partial charge in [-0.25, -0.2) is 0 Å². The summed E-state index contributed by atoms with van der Waals surface area (Å²) in [6, 6.07) is 4.20. The summed E-state index contributed by atoms with van der Waals surface area (Å²) in [4.78, 5) is 12.2. The van der Waals surface area contributed by atoms with Gasteiger partial charge in [-0.1, -0.05) is 6.92 Å². The molecule has 1 aliphatic heterocycles. The molecule has 1 aliphatic rings. The quantitative estimate of drug-likeness (QED) is 0.752. The lowest BCUT2D eigenvalue weighted by Gasteiger charge is -2.35. The number of hydrogen-bond donors (Lipinski definition) is 0. The number of Topliss-reactive ketones (excluding diaryl/α,β-unsaturated/α-hetero) is 1. The monoisotopic (exact) mass is 236 g/mol. The second kappa shape index (κ2) is 5.92. The van der Waals surface area contributed by atoms with Crippen LogP contribution < -0.4 is 0 Å². The van der Waals surface area contributed by atoms with E-state index in [0.717, 1.165) is 11.5 Å². The number of thioether (sulfide) groups is 1. The van der Waals surface area contributed by atoms with E-state index in [0.29, 0.717) is 25.7 Å². The zero-order valence-electron chi connectivity index (χ0n) is 9.53. The fourth-order valence-electron chi connectivity index (χ4n) is 2.05. The molecule has 2 unspecified atom stereocenters. The van der Waals surface area contributed by atoms with Gasteiger partial charge >= 0.3 is 0 Å². The largest absolute Gasteiger partial charge is 0.299 e. The van der Waals surface area contributed by atoms with Crippen molar-refractivity contribution < 1.29 is 4.79 Å². The highest BCUT2D eigenvalue weighted by molar-refractivity contribution is 7.99. The third-order valence-corrected chi connectivity index (χ3v) is 4.58. The fraction of sp³-hybridized carbons (Fsp3) is 0.750. The summed E-state index contributed by atoms with van der Waals surface area (Å²) in [6.45, 7) is 1.96. The molecule has 0 N–H and O–H groups in total. The van der Waals surface area contributed by atoms with E-state index < -0.39 is 0 Å². The Balaban J connectivity index is 2.63. The molecule has 0 spiro atoms. The van der Waals surface area contributed by atoms with E-state index in [4.69, 9.17) is 10.5 Å². The Kier molecular flexibility index (Phi) is 4.83. The molecular formula is C12H16N2OS. The Labute approximate surface area is 101 Å². The molecule has 0 aromatic heterocycles. The number of ketones is 1. The molecule has 2 atom stereocenters. The second-order valence-electron chi connectivity index (χ2n) is 4.49. The number of carbonyl (C=O) groups excluding carboxylic acids is 1. The summed E-state index contributed by atoms with van der Waals surface area (Å²) in [5.41, 5.74) is -0.348. The molecule has 3 nitrogen and oxygen atoms in total. The minimum absolute atomic E-state index is 0.0158. The summed E-state index contributed by atoms with van der Waals surface area (Å²) >= 11 is 1.77. The molecule has 0 aromatic rings. The summed E-state index contributed by atoms with van der Waals surface area (Å²) in [6.07, 6.45) is 2.21. The maximum Gasteiger partial charge on any atom is 0.143 e. The highest BCUT2D eigenvalue weighted by Crippen LogP contribution is 2.39. The number of nitriles is 2. The minimum atomic E-state index is -0.348. The Morgan fingerprint density at radius 3 is 2.75 bits per heavy atom. The maximum absolute atomic E-state index is 12.2. The van der Waals surface area contributed by atoms with Crippen LogP contribution in [-0.4, -0.2) is 17.3 Å². The van der Waals surface area contributed by atoms with Crippen LogP contribution in [0.2, 0.25) is 0 Å². The first-order valence-corrected chi connectivity index (χ1v) is 6.65. The smallest absolute Gasteiger partial charge is 0.143 e. The average molecular weight is 236 g/mol. The van der Waals surface area contributed by atoms with Crippen LogP contribution in [0.1, 0.15) is 32.6 Å². The maximum atomic E-state index is 12.2. The van der Waals surface area contributed by atoms with Crippen LogP contribution in [0.5, 0.6) is 0 Å². The first-order valence-electron chi connectivity index (χ1n) is 5.50. The van der Waals surface area contributed by atoms with Gasteiger partial charge in [0.1, 0.15) is 5.78 Å². The molecule has 4 heteroatoms. The Bertz CT molecular complexity index is 342. The Hall–Kier alpha value is -1.00. The second-order valence-corrected chi connectivity index (χ2v) is 5.52. The van der Waals surface area contributed by atoms with Gasteiger partial charge in [-0.2, -0.15) is 22.3 Å². The van der Waals surface area contributed by atoms with Gasteiger partial charge < -0.3 is 0 Å². The molecule has 1 heterocycles. The van der Waals surface area contributed by atoms with Crippen molar-refractivity contribution in [3.63, 3.8) is 0 Å². The molecule has 1 saturated heterocycles. The van der Waals surface area contributed by atoms with E-state index in [2.05, 4.69) is 12.1 Å². The van der Waals surface area contributed by atoms with E-state index in [9.17, 15) is 4.79 Å². The average Bonchev–Trinajstić information content (AvgIpc) is 2.29. The van der Waals surface area contributed by atoms with E-state index in [1.807, 2.05) is 6.92 Å². The van der Waals surface area contributed by atoms with E-state index in [1.165, 1.54) is 0 Å². The van der Waals surface area contributed by atoms with Gasteiger partial charge in [-0.05, 0) is 12.8 Å². The van der Waals surface area contributed by atoms with Crippen LogP contribution >= 0.6 is 11.8 Å². The van der Waals surface area contributed by atoms with E-state index >= 15 is 0 Å². The summed E-state index contributed by atoms with van der Waals surface area (Å²) in [7, 11) is 0. The van der Waals surface area contributed by atoms with Crippen molar-refractivity contribution in [3.05, 3.63) is 0 Å². The van der Waals surface area contributed by atoms with Gasteiger partial charge in [0.15, 0.2) is 0 Å². The first kappa shape index (κ1) is 13.1. The first-order chi connectivity index (χ1) is 7.64. The highest BCUT2D eigenvalue weighted by Gasteiger charge is 2.40.